The molecule has 0 saturated carbocycles. The zero-order valence-corrected chi connectivity index (χ0v) is 5.67. The fraction of sp³-hybridized carbons (Fsp3) is 0.429. The lowest BCUT2D eigenvalue weighted by atomic mass is 9.97. The zero-order chi connectivity index (χ0) is 8.43. The topological polar surface area (TPSA) is 57.2 Å². The maximum Gasteiger partial charge on any atom is 0.190 e. The minimum absolute atomic E-state index is 0.0430. The van der Waals surface area contributed by atoms with Crippen LogP contribution < -0.4 is 5.11 Å². The number of alkyl halides is 1. The zero-order valence-electron chi connectivity index (χ0n) is 5.67. The summed E-state index contributed by atoms with van der Waals surface area (Å²) in [7, 11) is 0. The molecule has 0 saturated heterocycles. The molecule has 1 atom stereocenters. The minimum Gasteiger partial charge on any atom is -0.545 e. The maximum atomic E-state index is 12.4. The molecule has 0 aromatic carbocycles. The number of carboxylic acids is 1. The number of carboxylic acid groups (broad SMARTS) is 1. The molecule has 0 aliphatic heterocycles. The fourth-order valence-electron chi connectivity index (χ4n) is 0.920. The predicted octanol–water partition coefficient (Wildman–Crippen LogP) is -0.636. The van der Waals surface area contributed by atoms with E-state index in [0.29, 0.717) is 0 Å². The van der Waals surface area contributed by atoms with Crippen molar-refractivity contribution in [3.8, 4) is 0 Å². The molecule has 0 aromatic heterocycles. The van der Waals surface area contributed by atoms with Crippen LogP contribution in [0.15, 0.2) is 11.6 Å². The molecule has 1 unspecified atom stereocenters. The van der Waals surface area contributed by atoms with E-state index in [2.05, 4.69) is 0 Å². The van der Waals surface area contributed by atoms with Crippen molar-refractivity contribution in [3.05, 3.63) is 11.6 Å². The first kappa shape index (κ1) is 7.91. The van der Waals surface area contributed by atoms with E-state index in [1.807, 2.05) is 0 Å². The molecular formula is C7H6FO3-. The average molecular weight is 157 g/mol. The van der Waals surface area contributed by atoms with Crippen molar-refractivity contribution < 1.29 is 19.1 Å². The van der Waals surface area contributed by atoms with Gasteiger partial charge in [-0.05, 0) is 24.5 Å². The molecule has 4 heteroatoms. The van der Waals surface area contributed by atoms with Gasteiger partial charge in [-0.2, -0.15) is 0 Å². The van der Waals surface area contributed by atoms with Gasteiger partial charge in [0, 0.05) is 0 Å². The third-order valence-corrected chi connectivity index (χ3v) is 1.55. The first-order chi connectivity index (χ1) is 5.11. The Bertz CT molecular complexity index is 232. The monoisotopic (exact) mass is 157 g/mol. The summed E-state index contributed by atoms with van der Waals surface area (Å²) in [6, 6.07) is 0. The van der Waals surface area contributed by atoms with E-state index >= 15 is 0 Å². The Morgan fingerprint density at radius 1 is 1.73 bits per heavy atom. The number of hydrogen-bond donors (Lipinski definition) is 0. The highest BCUT2D eigenvalue weighted by molar-refractivity contribution is 6.01. The van der Waals surface area contributed by atoms with Gasteiger partial charge in [0.05, 0.1) is 5.97 Å². The summed E-state index contributed by atoms with van der Waals surface area (Å²) < 4.78 is 12.4. The van der Waals surface area contributed by atoms with Gasteiger partial charge in [0.1, 0.15) is 0 Å². The summed E-state index contributed by atoms with van der Waals surface area (Å²) in [6.45, 7) is 0. The van der Waals surface area contributed by atoms with Gasteiger partial charge in [0.25, 0.3) is 0 Å². The van der Waals surface area contributed by atoms with Gasteiger partial charge < -0.3 is 9.90 Å². The minimum atomic E-state index is -1.53. The number of rotatable bonds is 1. The highest BCUT2D eigenvalue weighted by Crippen LogP contribution is 2.17. The van der Waals surface area contributed by atoms with Crippen LogP contribution in [-0.2, 0) is 9.59 Å². The van der Waals surface area contributed by atoms with Gasteiger partial charge in [-0.25, -0.2) is 4.39 Å². The van der Waals surface area contributed by atoms with E-state index in [0.717, 1.165) is 6.08 Å². The van der Waals surface area contributed by atoms with Crippen molar-refractivity contribution in [3.63, 3.8) is 0 Å². The number of carbonyl (C=O) groups is 2. The smallest absolute Gasteiger partial charge is 0.190 e. The quantitative estimate of drug-likeness (QED) is 0.509. The lowest BCUT2D eigenvalue weighted by Crippen LogP contribution is -2.29. The van der Waals surface area contributed by atoms with Crippen molar-refractivity contribution in [2.24, 2.45) is 0 Å². The number of halogens is 1. The maximum absolute atomic E-state index is 12.4. The highest BCUT2D eigenvalue weighted by Gasteiger charge is 2.21. The number of ketones is 1. The normalized spacial score (nSPS) is 24.6. The molecule has 0 heterocycles. The summed E-state index contributed by atoms with van der Waals surface area (Å²) in [4.78, 5) is 20.7. The van der Waals surface area contributed by atoms with Gasteiger partial charge in [-0.15, -0.1) is 0 Å². The molecule has 3 nitrogen and oxygen atoms in total. The summed E-state index contributed by atoms with van der Waals surface area (Å²) in [5, 5.41) is 10.2. The first-order valence-corrected chi connectivity index (χ1v) is 3.21. The van der Waals surface area contributed by atoms with Crippen LogP contribution >= 0.6 is 0 Å². The molecule has 1 rings (SSSR count). The Balaban J connectivity index is 2.79. The standard InChI is InChI=1S/C7H7FO3/c8-5-2-1-4(7(10)11)3-6(5)9/h3,5H,1-2H2,(H,10,11)/p-1. The van der Waals surface area contributed by atoms with E-state index in [1.54, 1.807) is 0 Å². The average Bonchev–Trinajstić information content (AvgIpc) is 1.94. The van der Waals surface area contributed by atoms with Crippen LogP contribution in [0.2, 0.25) is 0 Å². The van der Waals surface area contributed by atoms with Crippen molar-refractivity contribution in [2.75, 3.05) is 0 Å². The Kier molecular flexibility index (Phi) is 2.03. The lowest BCUT2D eigenvalue weighted by Gasteiger charge is -2.14. The molecule has 0 fully saturated rings. The van der Waals surface area contributed by atoms with E-state index in [4.69, 9.17) is 0 Å². The Morgan fingerprint density at radius 3 is 2.82 bits per heavy atom. The summed E-state index contributed by atoms with van der Waals surface area (Å²) in [5.41, 5.74) is -0.107. The second kappa shape index (κ2) is 2.82. The van der Waals surface area contributed by atoms with E-state index in [1.165, 1.54) is 0 Å². The number of aliphatic carboxylic acids is 1. The number of carbonyl (C=O) groups excluding carboxylic acids is 2. The van der Waals surface area contributed by atoms with Gasteiger partial charge in [0.15, 0.2) is 12.0 Å². The van der Waals surface area contributed by atoms with Crippen LogP contribution in [0.1, 0.15) is 12.8 Å². The van der Waals surface area contributed by atoms with Crippen LogP contribution in [-0.4, -0.2) is 17.9 Å². The second-order valence-electron chi connectivity index (χ2n) is 2.37. The molecule has 0 spiro atoms. The van der Waals surface area contributed by atoms with E-state index < -0.39 is 17.9 Å². The van der Waals surface area contributed by atoms with Crippen LogP contribution in [0, 0.1) is 0 Å². The van der Waals surface area contributed by atoms with Crippen molar-refractivity contribution in [2.45, 2.75) is 19.0 Å². The number of hydrogen-bond acceptors (Lipinski definition) is 3. The van der Waals surface area contributed by atoms with Crippen LogP contribution in [0.5, 0.6) is 0 Å². The predicted molar refractivity (Wildman–Crippen MR) is 32.2 cm³/mol. The Morgan fingerprint density at radius 2 is 2.36 bits per heavy atom. The molecule has 0 aromatic rings. The van der Waals surface area contributed by atoms with Crippen LogP contribution in [0.25, 0.3) is 0 Å². The van der Waals surface area contributed by atoms with E-state index in [-0.39, 0.29) is 18.4 Å². The molecule has 11 heavy (non-hydrogen) atoms. The van der Waals surface area contributed by atoms with Gasteiger partial charge in [0.2, 0.25) is 0 Å². The largest absolute Gasteiger partial charge is 0.545 e. The van der Waals surface area contributed by atoms with E-state index in [9.17, 15) is 19.1 Å². The molecule has 0 N–H and O–H groups in total. The lowest BCUT2D eigenvalue weighted by molar-refractivity contribution is -0.299. The van der Waals surface area contributed by atoms with Gasteiger partial charge in [-0.3, -0.25) is 4.79 Å². The van der Waals surface area contributed by atoms with Crippen LogP contribution in [0.3, 0.4) is 0 Å². The first-order valence-electron chi connectivity index (χ1n) is 3.21. The summed E-state index contributed by atoms with van der Waals surface area (Å²) in [5.74, 6) is -2.15. The fourth-order valence-corrected chi connectivity index (χ4v) is 0.920. The molecular weight excluding hydrogens is 151 g/mol. The molecule has 0 amide bonds. The SMILES string of the molecule is O=C([O-])C1=CC(=O)C(F)CC1. The van der Waals surface area contributed by atoms with Crippen molar-refractivity contribution >= 4 is 11.8 Å². The molecule has 1 aliphatic rings. The third-order valence-electron chi connectivity index (χ3n) is 1.55. The molecule has 1 aliphatic carbocycles. The molecule has 0 radical (unpaired) electrons. The summed E-state index contributed by atoms with van der Waals surface area (Å²) in [6.07, 6.45) is -0.685. The van der Waals surface area contributed by atoms with Gasteiger partial charge >= 0.3 is 0 Å². The van der Waals surface area contributed by atoms with Crippen molar-refractivity contribution in [1.29, 1.82) is 0 Å². The Labute approximate surface area is 62.5 Å². The molecule has 60 valence electrons. The number of allylic oxidation sites excluding steroid dienone is 1. The van der Waals surface area contributed by atoms with Crippen LogP contribution in [0.4, 0.5) is 4.39 Å². The van der Waals surface area contributed by atoms with Gasteiger partial charge in [-0.1, -0.05) is 0 Å². The third kappa shape index (κ3) is 1.63. The molecule has 0 bridgehead atoms. The summed E-state index contributed by atoms with van der Waals surface area (Å²) >= 11 is 0. The highest BCUT2D eigenvalue weighted by atomic mass is 19.1. The van der Waals surface area contributed by atoms with Crippen molar-refractivity contribution in [1.82, 2.24) is 0 Å². The Hall–Kier alpha value is -1.19. The second-order valence-corrected chi connectivity index (χ2v) is 2.37.